The summed E-state index contributed by atoms with van der Waals surface area (Å²) in [6, 6.07) is 8.57. The van der Waals surface area contributed by atoms with Crippen molar-refractivity contribution in [3.8, 4) is 22.6 Å². The molecular weight excluding hydrogens is 428 g/mol. The minimum atomic E-state index is -3.67. The second-order valence-electron chi connectivity index (χ2n) is 7.33. The third kappa shape index (κ3) is 3.83. The summed E-state index contributed by atoms with van der Waals surface area (Å²) < 4.78 is 37.3. The lowest BCUT2D eigenvalue weighted by Gasteiger charge is -2.14. The Labute approximate surface area is 182 Å². The van der Waals surface area contributed by atoms with Gasteiger partial charge in [-0.3, -0.25) is 9.48 Å². The van der Waals surface area contributed by atoms with E-state index in [2.05, 4.69) is 19.9 Å². The van der Waals surface area contributed by atoms with Gasteiger partial charge in [0, 0.05) is 12.7 Å². The molecule has 1 aromatic heterocycles. The van der Waals surface area contributed by atoms with Gasteiger partial charge in [0.1, 0.15) is 5.69 Å². The molecule has 162 valence electrons. The van der Waals surface area contributed by atoms with Crippen LogP contribution in [-0.4, -0.2) is 22.0 Å². The molecule has 0 saturated carbocycles. The fourth-order valence-corrected chi connectivity index (χ4v) is 3.89. The summed E-state index contributed by atoms with van der Waals surface area (Å²) in [5, 5.41) is 7.36. The second kappa shape index (κ2) is 7.53. The number of halogens is 3. The van der Waals surface area contributed by atoms with Crippen molar-refractivity contribution in [2.24, 2.45) is 7.05 Å². The van der Waals surface area contributed by atoms with Gasteiger partial charge in [0.05, 0.1) is 10.7 Å². The molecule has 0 fully saturated rings. The Morgan fingerprint density at radius 1 is 1.19 bits per heavy atom. The van der Waals surface area contributed by atoms with E-state index in [1.54, 1.807) is 20.0 Å². The topological polar surface area (TPSA) is 65.4 Å². The van der Waals surface area contributed by atoms with Gasteiger partial charge in [0.15, 0.2) is 11.5 Å². The maximum Gasteiger partial charge on any atom is 0.586 e. The Morgan fingerprint density at radius 3 is 2.48 bits per heavy atom. The van der Waals surface area contributed by atoms with Gasteiger partial charge in [-0.25, -0.2) is 0 Å². The number of aromatic nitrogens is 2. The van der Waals surface area contributed by atoms with Crippen LogP contribution in [0.5, 0.6) is 11.5 Å². The molecule has 3 aromatic rings. The average Bonchev–Trinajstić information content (AvgIpc) is 3.13. The van der Waals surface area contributed by atoms with Crippen LogP contribution in [0.4, 0.5) is 14.5 Å². The van der Waals surface area contributed by atoms with Crippen LogP contribution in [0.2, 0.25) is 5.02 Å². The highest BCUT2D eigenvalue weighted by Gasteiger charge is 2.43. The molecule has 4 rings (SSSR count). The van der Waals surface area contributed by atoms with E-state index in [9.17, 15) is 13.6 Å². The van der Waals surface area contributed by atoms with Crippen LogP contribution in [0, 0.1) is 13.8 Å². The van der Waals surface area contributed by atoms with E-state index in [4.69, 9.17) is 11.6 Å². The summed E-state index contributed by atoms with van der Waals surface area (Å²) in [4.78, 5) is 12.8. The largest absolute Gasteiger partial charge is 0.586 e. The molecule has 0 bridgehead atoms. The summed E-state index contributed by atoms with van der Waals surface area (Å²) in [5.41, 5.74) is 4.67. The number of carbonyl (C=O) groups is 1. The zero-order valence-corrected chi connectivity index (χ0v) is 18.1. The van der Waals surface area contributed by atoms with Crippen LogP contribution in [0.3, 0.4) is 0 Å². The highest BCUT2D eigenvalue weighted by atomic mass is 35.5. The SMILES string of the molecule is CCc1cc(-c2cc3c(cc2C)OC(F)(F)O3)ccc1NC(=O)c1c(Cl)c(C)nn1C. The summed E-state index contributed by atoms with van der Waals surface area (Å²) in [5.74, 6) is -0.367. The number of hydrogen-bond acceptors (Lipinski definition) is 4. The van der Waals surface area contributed by atoms with Gasteiger partial charge in [-0.2, -0.15) is 5.10 Å². The molecule has 0 spiro atoms. The van der Waals surface area contributed by atoms with Crippen molar-refractivity contribution < 1.29 is 23.0 Å². The second-order valence-corrected chi connectivity index (χ2v) is 7.71. The first kappa shape index (κ1) is 21.1. The van der Waals surface area contributed by atoms with E-state index in [-0.39, 0.29) is 23.1 Å². The molecule has 1 amide bonds. The lowest BCUT2D eigenvalue weighted by atomic mass is 9.96. The van der Waals surface area contributed by atoms with E-state index < -0.39 is 6.29 Å². The minimum absolute atomic E-state index is 0.00852. The van der Waals surface area contributed by atoms with E-state index in [1.807, 2.05) is 26.0 Å². The van der Waals surface area contributed by atoms with E-state index >= 15 is 0 Å². The molecule has 6 nitrogen and oxygen atoms in total. The molecule has 2 heterocycles. The highest BCUT2D eigenvalue weighted by Crippen LogP contribution is 2.44. The Bertz CT molecular complexity index is 1210. The Hall–Kier alpha value is -3.13. The van der Waals surface area contributed by atoms with E-state index in [0.29, 0.717) is 22.8 Å². The predicted octanol–water partition coefficient (Wildman–Crippen LogP) is 5.49. The van der Waals surface area contributed by atoms with Gasteiger partial charge < -0.3 is 14.8 Å². The predicted molar refractivity (Wildman–Crippen MR) is 113 cm³/mol. The summed E-state index contributed by atoms with van der Waals surface area (Å²) in [6.45, 7) is 5.50. The van der Waals surface area contributed by atoms with Crippen molar-refractivity contribution in [1.29, 1.82) is 0 Å². The Balaban J connectivity index is 1.66. The average molecular weight is 448 g/mol. The fraction of sp³-hybridized carbons (Fsp3) is 0.273. The number of rotatable bonds is 4. The number of amides is 1. The number of hydrogen-bond donors (Lipinski definition) is 1. The standard InChI is InChI=1S/C22H20ClF2N3O3/c1-5-13-9-14(15-10-18-17(8-11(15)2)30-22(24,25)31-18)6-7-16(13)26-21(29)20-19(23)12(3)27-28(20)4/h6-10H,5H2,1-4H3,(H,26,29). The van der Waals surface area contributed by atoms with Gasteiger partial charge in [-0.05, 0) is 66.8 Å². The van der Waals surface area contributed by atoms with Gasteiger partial charge >= 0.3 is 6.29 Å². The number of nitrogens with one attached hydrogen (secondary N) is 1. The first-order valence-corrected chi connectivity index (χ1v) is 10.0. The number of carbonyl (C=O) groups excluding carboxylic acids is 1. The summed E-state index contributed by atoms with van der Waals surface area (Å²) >= 11 is 6.22. The molecule has 0 saturated heterocycles. The van der Waals surface area contributed by atoms with Gasteiger partial charge in [0.25, 0.3) is 5.91 Å². The molecule has 9 heteroatoms. The number of benzene rings is 2. The molecule has 1 aliphatic heterocycles. The lowest BCUT2D eigenvalue weighted by Crippen LogP contribution is -2.25. The lowest BCUT2D eigenvalue weighted by molar-refractivity contribution is -0.286. The van der Waals surface area contributed by atoms with Crippen LogP contribution < -0.4 is 14.8 Å². The highest BCUT2D eigenvalue weighted by molar-refractivity contribution is 6.34. The van der Waals surface area contributed by atoms with Gasteiger partial charge in [-0.15, -0.1) is 8.78 Å². The maximum atomic E-state index is 13.4. The zero-order valence-electron chi connectivity index (χ0n) is 17.3. The van der Waals surface area contributed by atoms with Gasteiger partial charge in [-0.1, -0.05) is 24.6 Å². The third-order valence-electron chi connectivity index (χ3n) is 5.16. The van der Waals surface area contributed by atoms with Crippen molar-refractivity contribution in [3.63, 3.8) is 0 Å². The van der Waals surface area contributed by atoms with Crippen molar-refractivity contribution in [1.82, 2.24) is 9.78 Å². The van der Waals surface area contributed by atoms with E-state index in [0.717, 1.165) is 22.3 Å². The normalized spacial score (nSPS) is 14.0. The molecule has 0 atom stereocenters. The number of alkyl halides is 2. The number of ether oxygens (including phenoxy) is 2. The fourth-order valence-electron chi connectivity index (χ4n) is 3.65. The van der Waals surface area contributed by atoms with Crippen LogP contribution in [0.15, 0.2) is 30.3 Å². The van der Waals surface area contributed by atoms with Crippen LogP contribution in [0.1, 0.15) is 34.2 Å². The molecule has 0 unspecified atom stereocenters. The van der Waals surface area contributed by atoms with Crippen molar-refractivity contribution in [2.45, 2.75) is 33.5 Å². The Morgan fingerprint density at radius 2 is 1.87 bits per heavy atom. The third-order valence-corrected chi connectivity index (χ3v) is 5.61. The maximum absolute atomic E-state index is 13.4. The molecule has 2 aromatic carbocycles. The molecule has 0 aliphatic carbocycles. The Kier molecular flexibility index (Phi) is 5.13. The number of nitrogens with zero attached hydrogens (tertiary/aromatic N) is 2. The first-order chi connectivity index (χ1) is 14.6. The van der Waals surface area contributed by atoms with Crippen LogP contribution in [0.25, 0.3) is 11.1 Å². The van der Waals surface area contributed by atoms with Crippen LogP contribution >= 0.6 is 11.6 Å². The summed E-state index contributed by atoms with van der Waals surface area (Å²) in [7, 11) is 1.66. The number of anilines is 1. The molecule has 1 aliphatic rings. The smallest absolute Gasteiger partial charge is 0.395 e. The quantitative estimate of drug-likeness (QED) is 0.574. The first-order valence-electron chi connectivity index (χ1n) is 9.64. The number of aryl methyl sites for hydroxylation is 4. The zero-order chi connectivity index (χ0) is 22.5. The molecule has 31 heavy (non-hydrogen) atoms. The van der Waals surface area contributed by atoms with Gasteiger partial charge in [0.2, 0.25) is 0 Å². The molecule has 0 radical (unpaired) electrons. The minimum Gasteiger partial charge on any atom is -0.395 e. The van der Waals surface area contributed by atoms with Crippen molar-refractivity contribution in [3.05, 3.63) is 57.9 Å². The van der Waals surface area contributed by atoms with Crippen molar-refractivity contribution >= 4 is 23.2 Å². The van der Waals surface area contributed by atoms with Crippen molar-refractivity contribution in [2.75, 3.05) is 5.32 Å². The molecule has 1 N–H and O–H groups in total. The monoisotopic (exact) mass is 447 g/mol. The summed E-state index contributed by atoms with van der Waals surface area (Å²) in [6.07, 6.45) is -3.02. The van der Waals surface area contributed by atoms with E-state index in [1.165, 1.54) is 16.8 Å². The number of fused-ring (bicyclic) bond motifs is 1. The van der Waals surface area contributed by atoms with Crippen LogP contribution in [-0.2, 0) is 13.5 Å². The molecular formula is C22H20ClF2N3O3.